The van der Waals surface area contributed by atoms with Gasteiger partial charge in [0.05, 0.1) is 5.54 Å². The van der Waals surface area contributed by atoms with E-state index in [0.29, 0.717) is 0 Å². The Labute approximate surface area is 60.3 Å². The smallest absolute Gasteiger partial charge is 0.0825 e. The van der Waals surface area contributed by atoms with Crippen LogP contribution in [0.1, 0.15) is 6.92 Å². The molecule has 3 heteroatoms. The standard InChI is InChI=1S/C7H11N3/c1-7(10-8)4-2-3-5-9-6-7/h2-6,10H,8H2,1H3. The largest absolute Gasteiger partial charge is 0.270 e. The first-order valence-electron chi connectivity index (χ1n) is 3.13. The van der Waals surface area contributed by atoms with Crippen LogP contribution in [0.25, 0.3) is 0 Å². The summed E-state index contributed by atoms with van der Waals surface area (Å²) < 4.78 is 0. The van der Waals surface area contributed by atoms with Crippen LogP contribution in [0.4, 0.5) is 0 Å². The van der Waals surface area contributed by atoms with Crippen LogP contribution >= 0.6 is 0 Å². The first-order valence-corrected chi connectivity index (χ1v) is 3.13. The lowest BCUT2D eigenvalue weighted by atomic mass is 10.1. The number of hydrogen-bond acceptors (Lipinski definition) is 3. The average molecular weight is 137 g/mol. The summed E-state index contributed by atoms with van der Waals surface area (Å²) in [4.78, 5) is 3.98. The summed E-state index contributed by atoms with van der Waals surface area (Å²) in [5.41, 5.74) is 2.34. The van der Waals surface area contributed by atoms with Crippen molar-refractivity contribution in [2.75, 3.05) is 0 Å². The van der Waals surface area contributed by atoms with Crippen molar-refractivity contribution in [3.8, 4) is 0 Å². The van der Waals surface area contributed by atoms with Gasteiger partial charge in [0.1, 0.15) is 0 Å². The number of nitrogens with zero attached hydrogens (tertiary/aromatic N) is 1. The molecule has 0 aromatic heterocycles. The number of hydrogen-bond donors (Lipinski definition) is 2. The Kier molecular flexibility index (Phi) is 1.99. The van der Waals surface area contributed by atoms with Crippen LogP contribution in [0.3, 0.4) is 0 Å². The fourth-order valence-electron chi connectivity index (χ4n) is 0.681. The Bertz CT molecular complexity index is 175. The van der Waals surface area contributed by atoms with Gasteiger partial charge in [0, 0.05) is 12.4 Å². The molecule has 0 aromatic carbocycles. The maximum Gasteiger partial charge on any atom is 0.0825 e. The molecule has 3 N–H and O–H groups in total. The Balaban J connectivity index is 2.80. The van der Waals surface area contributed by atoms with Crippen LogP contribution in [0.15, 0.2) is 29.4 Å². The molecule has 0 aromatic rings. The number of aliphatic imine (C=N–C) groups is 1. The van der Waals surface area contributed by atoms with Gasteiger partial charge in [-0.15, -0.1) is 0 Å². The quantitative estimate of drug-likeness (QED) is 0.405. The Hall–Kier alpha value is -0.930. The van der Waals surface area contributed by atoms with Gasteiger partial charge in [-0.05, 0) is 13.0 Å². The second-order valence-corrected chi connectivity index (χ2v) is 2.41. The van der Waals surface area contributed by atoms with Gasteiger partial charge in [-0.3, -0.25) is 10.8 Å². The van der Waals surface area contributed by atoms with Crippen molar-refractivity contribution in [3.05, 3.63) is 24.4 Å². The lowest BCUT2D eigenvalue weighted by Crippen LogP contribution is -2.46. The molecular weight excluding hydrogens is 126 g/mol. The summed E-state index contributed by atoms with van der Waals surface area (Å²) in [6.07, 6.45) is 9.19. The van der Waals surface area contributed by atoms with E-state index in [1.807, 2.05) is 25.2 Å². The third-order valence-electron chi connectivity index (χ3n) is 1.38. The van der Waals surface area contributed by atoms with E-state index in [1.54, 1.807) is 12.4 Å². The molecule has 10 heavy (non-hydrogen) atoms. The highest BCUT2D eigenvalue weighted by Gasteiger charge is 2.14. The molecule has 0 bridgehead atoms. The van der Waals surface area contributed by atoms with Crippen molar-refractivity contribution in [1.29, 1.82) is 0 Å². The molecule has 1 aliphatic rings. The highest BCUT2D eigenvalue weighted by Crippen LogP contribution is 2.03. The van der Waals surface area contributed by atoms with Gasteiger partial charge in [-0.2, -0.15) is 0 Å². The summed E-state index contributed by atoms with van der Waals surface area (Å²) in [7, 11) is 0. The van der Waals surface area contributed by atoms with Crippen molar-refractivity contribution < 1.29 is 0 Å². The Morgan fingerprint density at radius 2 is 2.30 bits per heavy atom. The summed E-state index contributed by atoms with van der Waals surface area (Å²) in [6, 6.07) is 0. The van der Waals surface area contributed by atoms with E-state index in [2.05, 4.69) is 10.4 Å². The lowest BCUT2D eigenvalue weighted by molar-refractivity contribution is 0.589. The third-order valence-corrected chi connectivity index (χ3v) is 1.38. The summed E-state index contributed by atoms with van der Waals surface area (Å²) in [5.74, 6) is 5.29. The molecule has 0 saturated carbocycles. The van der Waals surface area contributed by atoms with Gasteiger partial charge in [0.15, 0.2) is 0 Å². The summed E-state index contributed by atoms with van der Waals surface area (Å²) in [6.45, 7) is 1.94. The molecule has 0 amide bonds. The Morgan fingerprint density at radius 3 is 3.00 bits per heavy atom. The van der Waals surface area contributed by atoms with Crippen LogP contribution in [0.5, 0.6) is 0 Å². The van der Waals surface area contributed by atoms with Crippen LogP contribution in [-0.2, 0) is 0 Å². The summed E-state index contributed by atoms with van der Waals surface area (Å²) >= 11 is 0. The molecule has 1 aliphatic heterocycles. The second-order valence-electron chi connectivity index (χ2n) is 2.41. The van der Waals surface area contributed by atoms with E-state index in [1.165, 1.54) is 0 Å². The van der Waals surface area contributed by atoms with Gasteiger partial charge in [0.2, 0.25) is 0 Å². The molecule has 0 aliphatic carbocycles. The third kappa shape index (κ3) is 1.52. The molecule has 1 rings (SSSR count). The number of rotatable bonds is 1. The van der Waals surface area contributed by atoms with Gasteiger partial charge in [-0.1, -0.05) is 12.2 Å². The van der Waals surface area contributed by atoms with Gasteiger partial charge in [-0.25, -0.2) is 5.43 Å². The monoisotopic (exact) mass is 137 g/mol. The van der Waals surface area contributed by atoms with Crippen molar-refractivity contribution >= 4 is 6.21 Å². The SMILES string of the molecule is CC1(NN)C=CC=CN=C1. The van der Waals surface area contributed by atoms with Gasteiger partial charge >= 0.3 is 0 Å². The first kappa shape index (κ1) is 7.18. The summed E-state index contributed by atoms with van der Waals surface area (Å²) in [5, 5.41) is 0. The lowest BCUT2D eigenvalue weighted by Gasteiger charge is -2.17. The van der Waals surface area contributed by atoms with Crippen molar-refractivity contribution in [2.24, 2.45) is 10.8 Å². The van der Waals surface area contributed by atoms with Crippen molar-refractivity contribution in [3.63, 3.8) is 0 Å². The van der Waals surface area contributed by atoms with E-state index >= 15 is 0 Å². The molecule has 3 nitrogen and oxygen atoms in total. The van der Waals surface area contributed by atoms with E-state index in [-0.39, 0.29) is 5.54 Å². The van der Waals surface area contributed by atoms with Crippen molar-refractivity contribution in [2.45, 2.75) is 12.5 Å². The molecule has 54 valence electrons. The Morgan fingerprint density at radius 1 is 1.50 bits per heavy atom. The second kappa shape index (κ2) is 2.77. The molecule has 0 fully saturated rings. The molecule has 1 unspecified atom stereocenters. The topological polar surface area (TPSA) is 50.4 Å². The van der Waals surface area contributed by atoms with Gasteiger partial charge < -0.3 is 0 Å². The predicted molar refractivity (Wildman–Crippen MR) is 42.5 cm³/mol. The molecule has 0 spiro atoms. The van der Waals surface area contributed by atoms with E-state index in [9.17, 15) is 0 Å². The molecule has 0 radical (unpaired) electrons. The minimum atomic E-state index is -0.302. The van der Waals surface area contributed by atoms with E-state index in [0.717, 1.165) is 0 Å². The first-order chi connectivity index (χ1) is 4.77. The number of hydrazine groups is 1. The van der Waals surface area contributed by atoms with E-state index in [4.69, 9.17) is 5.84 Å². The maximum absolute atomic E-state index is 5.29. The fourth-order valence-corrected chi connectivity index (χ4v) is 0.681. The minimum absolute atomic E-state index is 0.302. The van der Waals surface area contributed by atoms with Crippen LogP contribution < -0.4 is 11.3 Å². The number of allylic oxidation sites excluding steroid dienone is 2. The normalized spacial score (nSPS) is 30.6. The highest BCUT2D eigenvalue weighted by atomic mass is 15.3. The molecular formula is C7H11N3. The van der Waals surface area contributed by atoms with Gasteiger partial charge in [0.25, 0.3) is 0 Å². The van der Waals surface area contributed by atoms with Crippen LogP contribution in [0, 0.1) is 0 Å². The predicted octanol–water partition coefficient (Wildman–Crippen LogP) is 0.363. The fraction of sp³-hybridized carbons (Fsp3) is 0.286. The number of nitrogens with one attached hydrogen (secondary N) is 1. The van der Waals surface area contributed by atoms with Crippen LogP contribution in [-0.4, -0.2) is 11.8 Å². The molecule has 0 saturated heterocycles. The zero-order valence-electron chi connectivity index (χ0n) is 5.91. The average Bonchev–Trinajstić information content (AvgIpc) is 2.15. The van der Waals surface area contributed by atoms with E-state index < -0.39 is 0 Å². The highest BCUT2D eigenvalue weighted by molar-refractivity contribution is 5.73. The maximum atomic E-state index is 5.29. The van der Waals surface area contributed by atoms with Crippen LogP contribution in [0.2, 0.25) is 0 Å². The van der Waals surface area contributed by atoms with Crippen molar-refractivity contribution in [1.82, 2.24) is 5.43 Å². The zero-order chi connectivity index (χ0) is 7.45. The number of nitrogens with two attached hydrogens (primary N) is 1. The molecule has 1 atom stereocenters. The zero-order valence-corrected chi connectivity index (χ0v) is 5.91. The minimum Gasteiger partial charge on any atom is -0.270 e. The molecule has 1 heterocycles.